The molecule has 1 aromatic carbocycles. The van der Waals surface area contributed by atoms with Gasteiger partial charge in [0.1, 0.15) is 6.04 Å². The quantitative estimate of drug-likeness (QED) is 0.321. The van der Waals surface area contributed by atoms with E-state index in [2.05, 4.69) is 55.3 Å². The van der Waals surface area contributed by atoms with Crippen molar-refractivity contribution in [2.75, 3.05) is 41.3 Å². The van der Waals surface area contributed by atoms with Crippen molar-refractivity contribution in [3.63, 3.8) is 0 Å². The highest BCUT2D eigenvalue weighted by Gasteiger charge is 2.24. The van der Waals surface area contributed by atoms with E-state index in [1.807, 2.05) is 20.2 Å². The van der Waals surface area contributed by atoms with Crippen molar-refractivity contribution in [2.45, 2.75) is 13.0 Å². The van der Waals surface area contributed by atoms with Gasteiger partial charge in [0.05, 0.1) is 27.2 Å². The third kappa shape index (κ3) is 7.17. The summed E-state index contributed by atoms with van der Waals surface area (Å²) < 4.78 is 0.827. The predicted molar refractivity (Wildman–Crippen MR) is 109 cm³/mol. The normalized spacial score (nSPS) is 14.1. The molecule has 0 aliphatic carbocycles. The van der Waals surface area contributed by atoms with Crippen molar-refractivity contribution < 1.29 is 4.48 Å². The molecule has 1 aromatic rings. The fraction of sp³-hybridized carbons (Fsp3) is 0.500. The zero-order chi connectivity index (χ0) is 16.8. The maximum absolute atomic E-state index is 5.78. The monoisotopic (exact) mass is 433 g/mol. The smallest absolute Gasteiger partial charge is 0.218 e. The van der Waals surface area contributed by atoms with Crippen LogP contribution < -0.4 is 11.5 Å². The number of benzene rings is 1. The Morgan fingerprint density at radius 3 is 2.26 bits per heavy atom. The van der Waals surface area contributed by atoms with Crippen LogP contribution in [-0.2, 0) is 0 Å². The molecule has 0 saturated heterocycles. The van der Waals surface area contributed by atoms with E-state index >= 15 is 0 Å². The van der Waals surface area contributed by atoms with E-state index in [-0.39, 0.29) is 29.9 Å². The van der Waals surface area contributed by atoms with Gasteiger partial charge in [-0.15, -0.1) is 24.0 Å². The minimum absolute atomic E-state index is 0. The molecule has 0 bridgehead atoms. The second-order valence-electron chi connectivity index (χ2n) is 6.19. The fourth-order valence-corrected chi connectivity index (χ4v) is 2.00. The molecule has 0 aliphatic rings. The molecule has 130 valence electrons. The largest absolute Gasteiger partial charge is 0.369 e. The summed E-state index contributed by atoms with van der Waals surface area (Å²) in [4.78, 5) is 10.0. The number of halogens is 1. The highest BCUT2D eigenvalue weighted by atomic mass is 127. The molecule has 0 fully saturated rings. The Hall–Kier alpha value is -1.35. The summed E-state index contributed by atoms with van der Waals surface area (Å²) in [5.41, 5.74) is 12.8. The molecular formula is C16H30IN6+. The van der Waals surface area contributed by atoms with Crippen molar-refractivity contribution in [2.24, 2.45) is 21.5 Å². The lowest BCUT2D eigenvalue weighted by Gasteiger charge is -2.36. The average molecular weight is 433 g/mol. The van der Waals surface area contributed by atoms with Crippen LogP contribution in [0.25, 0.3) is 0 Å². The topological polar surface area (TPSA) is 80.0 Å². The first-order valence-electron chi connectivity index (χ1n) is 7.43. The molecule has 0 radical (unpaired) electrons. The first-order valence-corrected chi connectivity index (χ1v) is 7.43. The van der Waals surface area contributed by atoms with E-state index in [9.17, 15) is 0 Å². The molecule has 7 heteroatoms. The maximum atomic E-state index is 5.78. The van der Waals surface area contributed by atoms with Gasteiger partial charge in [-0.25, -0.2) is 4.99 Å². The van der Waals surface area contributed by atoms with Crippen LogP contribution in [0.4, 0.5) is 0 Å². The third-order valence-electron chi connectivity index (χ3n) is 3.97. The summed E-state index contributed by atoms with van der Waals surface area (Å²) in [5.74, 6) is 0.575. The Kier molecular flexibility index (Phi) is 9.14. The van der Waals surface area contributed by atoms with Gasteiger partial charge in [-0.2, -0.15) is 4.99 Å². The van der Waals surface area contributed by atoms with Crippen LogP contribution in [0.5, 0.6) is 0 Å². The fourth-order valence-electron chi connectivity index (χ4n) is 2.00. The highest BCUT2D eigenvalue weighted by Crippen LogP contribution is 2.23. The number of likely N-dealkylation sites (N-methyl/N-ethyl adjacent to an activating group) is 1. The second-order valence-corrected chi connectivity index (χ2v) is 6.19. The third-order valence-corrected chi connectivity index (χ3v) is 3.97. The van der Waals surface area contributed by atoms with Crippen molar-refractivity contribution in [1.29, 1.82) is 0 Å². The Bertz CT molecular complexity index is 525. The zero-order valence-electron chi connectivity index (χ0n) is 14.7. The number of hydrogen-bond donors (Lipinski definition) is 2. The molecule has 1 unspecified atom stereocenters. The molecule has 4 N–H and O–H groups in total. The van der Waals surface area contributed by atoms with Crippen LogP contribution in [0.15, 0.2) is 40.3 Å². The standard InChI is InChI=1S/C16H29N6.HI/c1-13(14-9-7-6-8-10-14)22(4,5)12-11-19-15(17)20-16(18)21(2)3;/h6-10,13H,11-12H2,1-5H3,(H4,17,18,19,20);1H/q+1;. The van der Waals surface area contributed by atoms with Crippen LogP contribution >= 0.6 is 24.0 Å². The van der Waals surface area contributed by atoms with E-state index in [1.165, 1.54) is 5.56 Å². The average Bonchev–Trinajstić information content (AvgIpc) is 2.46. The highest BCUT2D eigenvalue weighted by molar-refractivity contribution is 14.0. The zero-order valence-corrected chi connectivity index (χ0v) is 17.1. The van der Waals surface area contributed by atoms with Gasteiger partial charge in [-0.3, -0.25) is 0 Å². The van der Waals surface area contributed by atoms with Gasteiger partial charge in [0, 0.05) is 19.7 Å². The maximum Gasteiger partial charge on any atom is 0.218 e. The van der Waals surface area contributed by atoms with Gasteiger partial charge in [-0.05, 0) is 6.92 Å². The van der Waals surface area contributed by atoms with Crippen molar-refractivity contribution in [3.05, 3.63) is 35.9 Å². The number of hydrogen-bond acceptors (Lipinski definition) is 1. The van der Waals surface area contributed by atoms with Gasteiger partial charge < -0.3 is 20.9 Å². The number of nitrogens with two attached hydrogens (primary N) is 2. The minimum atomic E-state index is 0. The minimum Gasteiger partial charge on any atom is -0.369 e. The Balaban J connectivity index is 0.00000484. The van der Waals surface area contributed by atoms with Crippen molar-refractivity contribution in [1.82, 2.24) is 4.90 Å². The molecule has 0 saturated carbocycles. The predicted octanol–water partition coefficient (Wildman–Crippen LogP) is 1.63. The summed E-state index contributed by atoms with van der Waals surface area (Å²) in [7, 11) is 8.02. The summed E-state index contributed by atoms with van der Waals surface area (Å²) in [6, 6.07) is 10.9. The Morgan fingerprint density at radius 2 is 1.74 bits per heavy atom. The van der Waals surface area contributed by atoms with Crippen LogP contribution in [0, 0.1) is 0 Å². The lowest BCUT2D eigenvalue weighted by Crippen LogP contribution is -2.44. The molecule has 0 amide bonds. The van der Waals surface area contributed by atoms with Crippen LogP contribution in [0.2, 0.25) is 0 Å². The molecule has 0 heterocycles. The first kappa shape index (κ1) is 21.6. The molecule has 23 heavy (non-hydrogen) atoms. The van der Waals surface area contributed by atoms with Crippen LogP contribution in [0.1, 0.15) is 18.5 Å². The van der Waals surface area contributed by atoms with E-state index in [0.717, 1.165) is 11.0 Å². The van der Waals surface area contributed by atoms with Crippen LogP contribution in [0.3, 0.4) is 0 Å². The van der Waals surface area contributed by atoms with Crippen molar-refractivity contribution >= 4 is 35.9 Å². The lowest BCUT2D eigenvalue weighted by atomic mass is 10.1. The van der Waals surface area contributed by atoms with E-state index in [1.54, 1.807) is 4.90 Å². The molecular weight excluding hydrogens is 403 g/mol. The van der Waals surface area contributed by atoms with Crippen molar-refractivity contribution in [3.8, 4) is 0 Å². The Labute approximate surface area is 156 Å². The number of aliphatic imine (C=N–C) groups is 2. The first-order chi connectivity index (χ1) is 10.2. The van der Waals surface area contributed by atoms with E-state index < -0.39 is 0 Å². The Morgan fingerprint density at radius 1 is 1.17 bits per heavy atom. The van der Waals surface area contributed by atoms with E-state index in [4.69, 9.17) is 11.5 Å². The molecule has 1 atom stereocenters. The van der Waals surface area contributed by atoms with E-state index in [0.29, 0.717) is 18.5 Å². The lowest BCUT2D eigenvalue weighted by molar-refractivity contribution is -0.917. The summed E-state index contributed by atoms with van der Waals surface area (Å²) in [6.45, 7) is 3.71. The number of quaternary nitrogens is 1. The molecule has 6 nitrogen and oxygen atoms in total. The summed E-state index contributed by atoms with van der Waals surface area (Å²) in [6.07, 6.45) is 0. The number of guanidine groups is 2. The van der Waals surface area contributed by atoms with Crippen LogP contribution in [-0.4, -0.2) is 62.6 Å². The number of rotatable bonds is 5. The van der Waals surface area contributed by atoms with Gasteiger partial charge in [0.2, 0.25) is 5.96 Å². The SMILES string of the molecule is CC(c1ccccc1)[N+](C)(C)CCN=C(N)N=C(N)N(C)C.I. The second kappa shape index (κ2) is 9.71. The molecule has 1 rings (SSSR count). The molecule has 0 aromatic heterocycles. The van der Waals surface area contributed by atoms with Gasteiger partial charge in [-0.1, -0.05) is 30.3 Å². The molecule has 0 aliphatic heterocycles. The number of nitrogens with zero attached hydrogens (tertiary/aromatic N) is 4. The van der Waals surface area contributed by atoms with Gasteiger partial charge in [0.25, 0.3) is 0 Å². The van der Waals surface area contributed by atoms with Gasteiger partial charge >= 0.3 is 0 Å². The molecule has 0 spiro atoms. The summed E-state index contributed by atoms with van der Waals surface area (Å²) >= 11 is 0. The van der Waals surface area contributed by atoms with Gasteiger partial charge in [0.15, 0.2) is 5.96 Å². The summed E-state index contributed by atoms with van der Waals surface area (Å²) in [5, 5.41) is 0.